The normalized spacial score (nSPS) is 13.8. The molecule has 3 rings (SSSR count). The molecule has 0 radical (unpaired) electrons. The van der Waals surface area contributed by atoms with Crippen LogP contribution in [-0.2, 0) is 19.0 Å². The van der Waals surface area contributed by atoms with Gasteiger partial charge in [-0.15, -0.1) is 0 Å². The Morgan fingerprint density at radius 3 is 2.24 bits per heavy atom. The third-order valence-electron chi connectivity index (χ3n) is 4.25. The van der Waals surface area contributed by atoms with Crippen LogP contribution < -0.4 is 0 Å². The average molecular weight is 347 g/mol. The van der Waals surface area contributed by atoms with Crippen LogP contribution in [0.25, 0.3) is 11.3 Å². The lowest BCUT2D eigenvalue weighted by Crippen LogP contribution is -2.18. The quantitative estimate of drug-likeness (QED) is 0.595. The summed E-state index contributed by atoms with van der Waals surface area (Å²) in [6, 6.07) is 6.91. The maximum atomic E-state index is 13.4. The summed E-state index contributed by atoms with van der Waals surface area (Å²) in [6.07, 6.45) is -2.31. The first-order chi connectivity index (χ1) is 11.8. The molecule has 1 heterocycles. The van der Waals surface area contributed by atoms with Gasteiger partial charge in [0.05, 0.1) is 16.2 Å². The van der Waals surface area contributed by atoms with E-state index in [1.807, 2.05) is 0 Å². The number of pyridine rings is 1. The van der Waals surface area contributed by atoms with Gasteiger partial charge in [0.25, 0.3) is 5.69 Å². The lowest BCUT2D eigenvalue weighted by Gasteiger charge is -2.23. The van der Waals surface area contributed by atoms with Gasteiger partial charge in [0.1, 0.15) is 6.07 Å². The fourth-order valence-electron chi connectivity index (χ4n) is 3.13. The minimum atomic E-state index is -4.74. The summed E-state index contributed by atoms with van der Waals surface area (Å²) < 4.78 is 40.1. The molecule has 0 atom stereocenters. The molecular weight excluding hydrogens is 335 g/mol. The number of aromatic nitrogens is 1. The van der Waals surface area contributed by atoms with E-state index in [0.29, 0.717) is 36.0 Å². The van der Waals surface area contributed by atoms with Crippen LogP contribution in [0.4, 0.5) is 18.9 Å². The number of nitrogens with zero attached hydrogens (tertiary/aromatic N) is 3. The van der Waals surface area contributed by atoms with Gasteiger partial charge in [-0.25, -0.2) is 4.98 Å². The molecule has 0 unspecified atom stereocenters. The number of nitriles is 1. The Labute approximate surface area is 140 Å². The van der Waals surface area contributed by atoms with Crippen LogP contribution in [0.1, 0.15) is 35.2 Å². The minimum absolute atomic E-state index is 0.149. The fraction of sp³-hybridized carbons (Fsp3) is 0.294. The second-order valence-corrected chi connectivity index (χ2v) is 5.76. The molecule has 0 saturated carbocycles. The Morgan fingerprint density at radius 2 is 1.72 bits per heavy atom. The number of fused-ring (bicyclic) bond motifs is 1. The monoisotopic (exact) mass is 347 g/mol. The van der Waals surface area contributed by atoms with Gasteiger partial charge in [-0.3, -0.25) is 10.1 Å². The molecular formula is C17H12F3N3O2. The van der Waals surface area contributed by atoms with Gasteiger partial charge >= 0.3 is 6.18 Å². The first-order valence-corrected chi connectivity index (χ1v) is 7.60. The molecule has 128 valence electrons. The summed E-state index contributed by atoms with van der Waals surface area (Å²) in [5, 5.41) is 20.0. The first-order valence-electron chi connectivity index (χ1n) is 7.60. The number of nitro benzene ring substituents is 1. The number of alkyl halides is 3. The number of rotatable bonds is 2. The van der Waals surface area contributed by atoms with Crippen LogP contribution in [0, 0.1) is 21.4 Å². The fourth-order valence-corrected chi connectivity index (χ4v) is 3.13. The van der Waals surface area contributed by atoms with Gasteiger partial charge in [-0.05, 0) is 48.9 Å². The van der Waals surface area contributed by atoms with Crippen molar-refractivity contribution in [2.75, 3.05) is 0 Å². The molecule has 25 heavy (non-hydrogen) atoms. The molecule has 0 N–H and O–H groups in total. The maximum Gasteiger partial charge on any atom is 0.434 e. The molecule has 1 aromatic carbocycles. The molecule has 0 bridgehead atoms. The molecule has 5 nitrogen and oxygen atoms in total. The largest absolute Gasteiger partial charge is 0.434 e. The second-order valence-electron chi connectivity index (χ2n) is 5.76. The van der Waals surface area contributed by atoms with E-state index in [1.54, 1.807) is 6.07 Å². The summed E-state index contributed by atoms with van der Waals surface area (Å²) >= 11 is 0. The number of halogens is 3. The number of benzene rings is 1. The molecule has 1 aliphatic rings. The summed E-state index contributed by atoms with van der Waals surface area (Å²) in [5.74, 6) is 0. The summed E-state index contributed by atoms with van der Waals surface area (Å²) in [7, 11) is 0. The lowest BCUT2D eigenvalue weighted by atomic mass is 9.85. The summed E-state index contributed by atoms with van der Waals surface area (Å²) in [6.45, 7) is 0. The van der Waals surface area contributed by atoms with Crippen molar-refractivity contribution in [1.29, 1.82) is 5.26 Å². The highest BCUT2D eigenvalue weighted by Gasteiger charge is 2.39. The Bertz CT molecular complexity index is 884. The molecule has 0 aliphatic heterocycles. The van der Waals surface area contributed by atoms with Crippen LogP contribution >= 0.6 is 0 Å². The summed E-state index contributed by atoms with van der Waals surface area (Å²) in [4.78, 5) is 13.9. The standard InChI is InChI=1S/C17H12F3N3O2/c18-17(19,20)16-14(9-21)12-3-1-2-4-13(12)15(22-16)10-5-7-11(8-6-10)23(24)25/h5-8H,1-4H2. The van der Waals surface area contributed by atoms with Crippen LogP contribution in [0.3, 0.4) is 0 Å². The molecule has 8 heteroatoms. The van der Waals surface area contributed by atoms with E-state index >= 15 is 0 Å². The Balaban J connectivity index is 2.26. The van der Waals surface area contributed by atoms with Crippen molar-refractivity contribution in [2.45, 2.75) is 31.9 Å². The van der Waals surface area contributed by atoms with Crippen molar-refractivity contribution in [3.05, 3.63) is 56.8 Å². The zero-order chi connectivity index (χ0) is 18.2. The minimum Gasteiger partial charge on any atom is -0.258 e. The predicted octanol–water partition coefficient (Wildman–Crippen LogP) is 4.43. The number of hydrogen-bond acceptors (Lipinski definition) is 4. The zero-order valence-corrected chi connectivity index (χ0v) is 12.9. The van der Waals surface area contributed by atoms with Crippen molar-refractivity contribution in [2.24, 2.45) is 0 Å². The second kappa shape index (κ2) is 6.16. The Morgan fingerprint density at radius 1 is 1.12 bits per heavy atom. The van der Waals surface area contributed by atoms with E-state index in [1.165, 1.54) is 24.3 Å². The number of non-ortho nitro benzene ring substituents is 1. The third kappa shape index (κ3) is 3.05. The highest BCUT2D eigenvalue weighted by molar-refractivity contribution is 5.69. The van der Waals surface area contributed by atoms with Gasteiger partial charge < -0.3 is 0 Å². The van der Waals surface area contributed by atoms with E-state index in [9.17, 15) is 28.5 Å². The van der Waals surface area contributed by atoms with E-state index in [2.05, 4.69) is 4.98 Å². The molecule has 1 aromatic heterocycles. The lowest BCUT2D eigenvalue weighted by molar-refractivity contribution is -0.384. The van der Waals surface area contributed by atoms with Gasteiger partial charge in [0.15, 0.2) is 5.69 Å². The summed E-state index contributed by atoms with van der Waals surface area (Å²) in [5.41, 5.74) is -0.206. The van der Waals surface area contributed by atoms with Gasteiger partial charge in [-0.2, -0.15) is 18.4 Å². The molecule has 0 amide bonds. The van der Waals surface area contributed by atoms with Crippen LogP contribution in [-0.4, -0.2) is 9.91 Å². The van der Waals surface area contributed by atoms with E-state index in [0.717, 1.165) is 6.42 Å². The Kier molecular flexibility index (Phi) is 4.17. The zero-order valence-electron chi connectivity index (χ0n) is 12.9. The van der Waals surface area contributed by atoms with Crippen molar-refractivity contribution in [1.82, 2.24) is 4.98 Å². The SMILES string of the molecule is N#Cc1c(C(F)(F)F)nc(-c2ccc([N+](=O)[O-])cc2)c2c1CCCC2. The first kappa shape index (κ1) is 16.9. The predicted molar refractivity (Wildman–Crippen MR) is 82.7 cm³/mol. The molecule has 0 saturated heterocycles. The maximum absolute atomic E-state index is 13.4. The Hall–Kier alpha value is -2.95. The van der Waals surface area contributed by atoms with Gasteiger partial charge in [-0.1, -0.05) is 0 Å². The van der Waals surface area contributed by atoms with Crippen molar-refractivity contribution in [3.8, 4) is 17.3 Å². The van der Waals surface area contributed by atoms with Crippen LogP contribution in [0.2, 0.25) is 0 Å². The highest BCUT2D eigenvalue weighted by atomic mass is 19.4. The average Bonchev–Trinajstić information content (AvgIpc) is 2.59. The van der Waals surface area contributed by atoms with Crippen LogP contribution in [0.5, 0.6) is 0 Å². The van der Waals surface area contributed by atoms with E-state index in [-0.39, 0.29) is 11.4 Å². The number of nitro groups is 1. The van der Waals surface area contributed by atoms with E-state index < -0.39 is 22.4 Å². The topological polar surface area (TPSA) is 79.8 Å². The third-order valence-corrected chi connectivity index (χ3v) is 4.25. The highest BCUT2D eigenvalue weighted by Crippen LogP contribution is 2.39. The smallest absolute Gasteiger partial charge is 0.258 e. The molecule has 0 fully saturated rings. The van der Waals surface area contributed by atoms with Crippen LogP contribution in [0.15, 0.2) is 24.3 Å². The molecule has 0 spiro atoms. The van der Waals surface area contributed by atoms with E-state index in [4.69, 9.17) is 0 Å². The van der Waals surface area contributed by atoms with Crippen molar-refractivity contribution >= 4 is 5.69 Å². The van der Waals surface area contributed by atoms with Gasteiger partial charge in [0, 0.05) is 17.7 Å². The van der Waals surface area contributed by atoms with Crippen molar-refractivity contribution < 1.29 is 18.1 Å². The molecule has 2 aromatic rings. The van der Waals surface area contributed by atoms with Gasteiger partial charge in [0.2, 0.25) is 0 Å². The number of hydrogen-bond donors (Lipinski definition) is 0. The van der Waals surface area contributed by atoms with Crippen molar-refractivity contribution in [3.63, 3.8) is 0 Å². The molecule has 1 aliphatic carbocycles.